The summed E-state index contributed by atoms with van der Waals surface area (Å²) in [5.41, 5.74) is 8.31. The predicted molar refractivity (Wildman–Crippen MR) is 55.0 cm³/mol. The molecule has 1 aromatic carbocycles. The van der Waals surface area contributed by atoms with Crippen LogP contribution < -0.4 is 10.8 Å². The second-order valence-electron chi connectivity index (χ2n) is 2.96. The SMILES string of the molecule is CCc1cc(N)ccc1N(O)CC. The molecule has 3 N–H and O–H groups in total. The maximum atomic E-state index is 9.52. The number of hydrogen-bond acceptors (Lipinski definition) is 3. The van der Waals surface area contributed by atoms with E-state index in [9.17, 15) is 5.21 Å². The number of hydrogen-bond donors (Lipinski definition) is 2. The van der Waals surface area contributed by atoms with E-state index in [0.29, 0.717) is 6.54 Å². The summed E-state index contributed by atoms with van der Waals surface area (Å²) >= 11 is 0. The van der Waals surface area contributed by atoms with Crippen molar-refractivity contribution in [2.45, 2.75) is 20.3 Å². The van der Waals surface area contributed by atoms with Crippen LogP contribution in [0.4, 0.5) is 11.4 Å². The van der Waals surface area contributed by atoms with Gasteiger partial charge in [-0.05, 0) is 37.1 Å². The molecule has 0 radical (unpaired) electrons. The molecule has 0 spiro atoms. The molecule has 3 nitrogen and oxygen atoms in total. The molecule has 0 bridgehead atoms. The fraction of sp³-hybridized carbons (Fsp3) is 0.400. The van der Waals surface area contributed by atoms with E-state index >= 15 is 0 Å². The molecule has 0 atom stereocenters. The minimum Gasteiger partial charge on any atom is -0.399 e. The van der Waals surface area contributed by atoms with Crippen LogP contribution in [0.2, 0.25) is 0 Å². The van der Waals surface area contributed by atoms with Crippen molar-refractivity contribution in [3.63, 3.8) is 0 Å². The molecule has 0 saturated carbocycles. The van der Waals surface area contributed by atoms with Crippen molar-refractivity contribution in [3.8, 4) is 0 Å². The molecule has 0 aromatic heterocycles. The maximum Gasteiger partial charge on any atom is 0.0667 e. The van der Waals surface area contributed by atoms with E-state index < -0.39 is 0 Å². The molecule has 0 heterocycles. The van der Waals surface area contributed by atoms with Gasteiger partial charge < -0.3 is 5.73 Å². The van der Waals surface area contributed by atoms with Gasteiger partial charge in [-0.2, -0.15) is 0 Å². The Bertz CT molecular complexity index is 286. The summed E-state index contributed by atoms with van der Waals surface area (Å²) in [4.78, 5) is 0. The van der Waals surface area contributed by atoms with Crippen molar-refractivity contribution < 1.29 is 5.21 Å². The van der Waals surface area contributed by atoms with Gasteiger partial charge >= 0.3 is 0 Å². The monoisotopic (exact) mass is 180 g/mol. The molecule has 0 aliphatic carbocycles. The normalized spacial score (nSPS) is 10.1. The van der Waals surface area contributed by atoms with Crippen LogP contribution in [0.1, 0.15) is 19.4 Å². The number of nitrogen functional groups attached to an aromatic ring is 1. The first kappa shape index (κ1) is 9.86. The van der Waals surface area contributed by atoms with Gasteiger partial charge in [0.1, 0.15) is 0 Å². The van der Waals surface area contributed by atoms with E-state index in [-0.39, 0.29) is 0 Å². The lowest BCUT2D eigenvalue weighted by atomic mass is 10.1. The summed E-state index contributed by atoms with van der Waals surface area (Å²) in [5.74, 6) is 0. The lowest BCUT2D eigenvalue weighted by Crippen LogP contribution is -2.18. The van der Waals surface area contributed by atoms with Crippen molar-refractivity contribution in [2.24, 2.45) is 0 Å². The summed E-state index contributed by atoms with van der Waals surface area (Å²) < 4.78 is 0. The maximum absolute atomic E-state index is 9.52. The second-order valence-corrected chi connectivity index (χ2v) is 2.96. The first-order chi connectivity index (χ1) is 6.19. The largest absolute Gasteiger partial charge is 0.399 e. The topological polar surface area (TPSA) is 49.5 Å². The Kier molecular flexibility index (Phi) is 3.14. The lowest BCUT2D eigenvalue weighted by Gasteiger charge is -2.18. The van der Waals surface area contributed by atoms with Crippen molar-refractivity contribution in [2.75, 3.05) is 17.3 Å². The third-order valence-electron chi connectivity index (χ3n) is 2.06. The number of anilines is 2. The second kappa shape index (κ2) is 4.14. The molecule has 0 saturated heterocycles. The van der Waals surface area contributed by atoms with Crippen LogP contribution >= 0.6 is 0 Å². The Morgan fingerprint density at radius 2 is 2.08 bits per heavy atom. The summed E-state index contributed by atoms with van der Waals surface area (Å²) in [6.45, 7) is 4.52. The highest BCUT2D eigenvalue weighted by molar-refractivity contribution is 5.58. The number of rotatable bonds is 3. The van der Waals surface area contributed by atoms with Crippen molar-refractivity contribution in [1.29, 1.82) is 0 Å². The van der Waals surface area contributed by atoms with Crippen LogP contribution in [0.3, 0.4) is 0 Å². The van der Waals surface area contributed by atoms with Gasteiger partial charge in [-0.3, -0.25) is 10.3 Å². The van der Waals surface area contributed by atoms with Gasteiger partial charge in [0, 0.05) is 12.2 Å². The van der Waals surface area contributed by atoms with Gasteiger partial charge in [0.2, 0.25) is 0 Å². The van der Waals surface area contributed by atoms with E-state index in [4.69, 9.17) is 5.73 Å². The summed E-state index contributed by atoms with van der Waals surface area (Å²) in [6.07, 6.45) is 0.872. The van der Waals surface area contributed by atoms with Gasteiger partial charge in [0.05, 0.1) is 5.69 Å². The van der Waals surface area contributed by atoms with Crippen LogP contribution in [0.15, 0.2) is 18.2 Å². The Balaban J connectivity index is 3.05. The first-order valence-electron chi connectivity index (χ1n) is 4.53. The van der Waals surface area contributed by atoms with E-state index in [1.807, 2.05) is 26.0 Å². The highest BCUT2D eigenvalue weighted by Gasteiger charge is 2.05. The molecule has 3 heteroatoms. The average Bonchev–Trinajstić information content (AvgIpc) is 2.16. The third-order valence-corrected chi connectivity index (χ3v) is 2.06. The summed E-state index contributed by atoms with van der Waals surface area (Å²) in [7, 11) is 0. The standard InChI is InChI=1S/C10H16N2O/c1-3-8-7-9(11)5-6-10(8)12(13)4-2/h5-7,13H,3-4,11H2,1-2H3. The predicted octanol–water partition coefficient (Wildman–Crippen LogP) is 2.05. The van der Waals surface area contributed by atoms with E-state index in [1.165, 1.54) is 5.06 Å². The molecular formula is C10H16N2O. The first-order valence-corrected chi connectivity index (χ1v) is 4.53. The smallest absolute Gasteiger partial charge is 0.0667 e. The minimum atomic E-state index is 0.580. The number of benzene rings is 1. The third kappa shape index (κ3) is 2.12. The molecule has 0 fully saturated rings. The molecule has 1 aromatic rings. The Labute approximate surface area is 78.7 Å². The van der Waals surface area contributed by atoms with E-state index in [1.54, 1.807) is 6.07 Å². The number of nitrogens with two attached hydrogens (primary N) is 1. The summed E-state index contributed by atoms with van der Waals surface area (Å²) in [6, 6.07) is 5.54. The van der Waals surface area contributed by atoms with Gasteiger partial charge in [-0.1, -0.05) is 6.92 Å². The zero-order valence-corrected chi connectivity index (χ0v) is 8.12. The zero-order chi connectivity index (χ0) is 9.84. The molecule has 0 aliphatic heterocycles. The van der Waals surface area contributed by atoms with Gasteiger partial charge in [0.25, 0.3) is 0 Å². The molecule has 0 aliphatic rings. The Morgan fingerprint density at radius 1 is 1.38 bits per heavy atom. The zero-order valence-electron chi connectivity index (χ0n) is 8.12. The number of aryl methyl sites for hydroxylation is 1. The Morgan fingerprint density at radius 3 is 2.62 bits per heavy atom. The van der Waals surface area contributed by atoms with E-state index in [2.05, 4.69) is 0 Å². The van der Waals surface area contributed by atoms with Crippen molar-refractivity contribution in [1.82, 2.24) is 0 Å². The highest BCUT2D eigenvalue weighted by atomic mass is 16.5. The summed E-state index contributed by atoms with van der Waals surface area (Å²) in [5, 5.41) is 10.8. The van der Waals surface area contributed by atoms with Crippen molar-refractivity contribution >= 4 is 11.4 Å². The van der Waals surface area contributed by atoms with Crippen LogP contribution in [-0.4, -0.2) is 11.8 Å². The molecule has 1 rings (SSSR count). The van der Waals surface area contributed by atoms with Gasteiger partial charge in [-0.15, -0.1) is 0 Å². The fourth-order valence-corrected chi connectivity index (χ4v) is 1.31. The van der Waals surface area contributed by atoms with Gasteiger partial charge in [0.15, 0.2) is 0 Å². The molecule has 0 amide bonds. The quantitative estimate of drug-likeness (QED) is 0.553. The minimum absolute atomic E-state index is 0.580. The number of hydroxylamine groups is 1. The van der Waals surface area contributed by atoms with E-state index in [0.717, 1.165) is 23.4 Å². The fourth-order valence-electron chi connectivity index (χ4n) is 1.31. The van der Waals surface area contributed by atoms with Crippen LogP contribution in [-0.2, 0) is 6.42 Å². The molecular weight excluding hydrogens is 164 g/mol. The molecule has 0 unspecified atom stereocenters. The van der Waals surface area contributed by atoms with Crippen molar-refractivity contribution in [3.05, 3.63) is 23.8 Å². The van der Waals surface area contributed by atoms with Gasteiger partial charge in [-0.25, -0.2) is 0 Å². The molecule has 13 heavy (non-hydrogen) atoms. The highest BCUT2D eigenvalue weighted by Crippen LogP contribution is 2.22. The lowest BCUT2D eigenvalue weighted by molar-refractivity contribution is 0.259. The average molecular weight is 180 g/mol. The molecule has 72 valence electrons. The Hall–Kier alpha value is -1.22. The number of nitrogens with zero attached hydrogens (tertiary/aromatic N) is 1. The van der Waals surface area contributed by atoms with Crippen LogP contribution in [0.5, 0.6) is 0 Å². The van der Waals surface area contributed by atoms with Crippen LogP contribution in [0.25, 0.3) is 0 Å². The van der Waals surface area contributed by atoms with Crippen LogP contribution in [0, 0.1) is 0 Å².